The standard InChI is InChI=1S/C18H29N3O2/c1-5-21(6-2)14-9-10-16(17(22)12-14)18(23)20(4)15-8-7-11-19(3)13-15/h9-10,12,15,22H,5-8,11,13H2,1-4H3/t15-/m1/s1. The lowest BCUT2D eigenvalue weighted by molar-refractivity contribution is 0.0641. The Bertz CT molecular complexity index is 543. The number of benzene rings is 1. The third kappa shape index (κ3) is 3.96. The van der Waals surface area contributed by atoms with E-state index in [1.54, 1.807) is 17.0 Å². The molecule has 2 rings (SSSR count). The SMILES string of the molecule is CCN(CC)c1ccc(C(=O)N(C)[C@@H]2CCCN(C)C2)c(O)c1. The normalized spacial score (nSPS) is 18.7. The molecule has 0 aromatic heterocycles. The quantitative estimate of drug-likeness (QED) is 0.905. The molecular weight excluding hydrogens is 290 g/mol. The number of rotatable bonds is 5. The summed E-state index contributed by atoms with van der Waals surface area (Å²) in [7, 11) is 3.92. The third-order valence-electron chi connectivity index (χ3n) is 4.81. The zero-order valence-corrected chi connectivity index (χ0v) is 14.7. The third-order valence-corrected chi connectivity index (χ3v) is 4.81. The molecule has 0 bridgehead atoms. The first-order valence-electron chi connectivity index (χ1n) is 8.51. The summed E-state index contributed by atoms with van der Waals surface area (Å²) in [6, 6.07) is 5.57. The lowest BCUT2D eigenvalue weighted by atomic mass is 10.0. The van der Waals surface area contributed by atoms with Gasteiger partial charge in [-0.3, -0.25) is 4.79 Å². The second kappa shape index (κ2) is 7.68. The first kappa shape index (κ1) is 17.6. The maximum atomic E-state index is 12.7. The van der Waals surface area contributed by atoms with Crippen molar-refractivity contribution < 1.29 is 9.90 Å². The number of carbonyl (C=O) groups is 1. The molecule has 1 aliphatic heterocycles. The molecule has 1 amide bonds. The van der Waals surface area contributed by atoms with Crippen LogP contribution in [0, 0.1) is 0 Å². The summed E-state index contributed by atoms with van der Waals surface area (Å²) in [5, 5.41) is 10.3. The molecule has 1 N–H and O–H groups in total. The molecule has 23 heavy (non-hydrogen) atoms. The van der Waals surface area contributed by atoms with Crippen LogP contribution in [0.3, 0.4) is 0 Å². The van der Waals surface area contributed by atoms with Gasteiger partial charge in [0.1, 0.15) is 5.75 Å². The summed E-state index contributed by atoms with van der Waals surface area (Å²) in [6.07, 6.45) is 2.12. The van der Waals surface area contributed by atoms with Crippen LogP contribution < -0.4 is 4.90 Å². The van der Waals surface area contributed by atoms with Crippen molar-refractivity contribution in [2.45, 2.75) is 32.7 Å². The molecule has 5 heteroatoms. The molecule has 128 valence electrons. The van der Waals surface area contributed by atoms with Crippen LogP contribution in [0.15, 0.2) is 18.2 Å². The predicted octanol–water partition coefficient (Wildman–Crippen LogP) is 2.40. The molecule has 0 saturated carbocycles. The number of phenolic OH excluding ortho intramolecular Hbond substituents is 1. The number of phenols is 1. The average molecular weight is 319 g/mol. The van der Waals surface area contributed by atoms with Crippen LogP contribution in [-0.4, -0.2) is 67.1 Å². The monoisotopic (exact) mass is 319 g/mol. The van der Waals surface area contributed by atoms with Crippen LogP contribution in [0.1, 0.15) is 37.0 Å². The number of hydrogen-bond acceptors (Lipinski definition) is 4. The van der Waals surface area contributed by atoms with Crippen LogP contribution in [-0.2, 0) is 0 Å². The molecule has 0 spiro atoms. The summed E-state index contributed by atoms with van der Waals surface area (Å²) in [6.45, 7) is 7.87. The molecule has 1 fully saturated rings. The van der Waals surface area contributed by atoms with E-state index in [0.717, 1.165) is 44.7 Å². The van der Waals surface area contributed by atoms with Gasteiger partial charge < -0.3 is 19.8 Å². The molecule has 5 nitrogen and oxygen atoms in total. The number of nitrogens with zero attached hydrogens (tertiary/aromatic N) is 3. The molecule has 0 unspecified atom stereocenters. The largest absolute Gasteiger partial charge is 0.507 e. The molecule has 1 heterocycles. The number of amides is 1. The zero-order chi connectivity index (χ0) is 17.0. The minimum Gasteiger partial charge on any atom is -0.507 e. The van der Waals surface area contributed by atoms with E-state index in [-0.39, 0.29) is 17.7 Å². The van der Waals surface area contributed by atoms with E-state index in [0.29, 0.717) is 5.56 Å². The van der Waals surface area contributed by atoms with Crippen molar-refractivity contribution in [2.24, 2.45) is 0 Å². The summed E-state index contributed by atoms with van der Waals surface area (Å²) in [5.41, 5.74) is 1.33. The van der Waals surface area contributed by atoms with Gasteiger partial charge in [0.15, 0.2) is 0 Å². The summed E-state index contributed by atoms with van der Waals surface area (Å²) in [4.78, 5) is 18.9. The summed E-state index contributed by atoms with van der Waals surface area (Å²) >= 11 is 0. The van der Waals surface area contributed by atoms with Crippen molar-refractivity contribution in [3.8, 4) is 5.75 Å². The second-order valence-corrected chi connectivity index (χ2v) is 6.35. The first-order chi connectivity index (χ1) is 11.0. The van der Waals surface area contributed by atoms with Crippen molar-refractivity contribution >= 4 is 11.6 Å². The predicted molar refractivity (Wildman–Crippen MR) is 94.3 cm³/mol. The van der Waals surface area contributed by atoms with Gasteiger partial charge in [-0.15, -0.1) is 0 Å². The van der Waals surface area contributed by atoms with Gasteiger partial charge in [-0.1, -0.05) is 0 Å². The Labute approximate surface area is 139 Å². The average Bonchev–Trinajstić information content (AvgIpc) is 2.55. The molecule has 0 aliphatic carbocycles. The van der Waals surface area contributed by atoms with Crippen LogP contribution >= 0.6 is 0 Å². The Morgan fingerprint density at radius 3 is 2.61 bits per heavy atom. The number of hydrogen-bond donors (Lipinski definition) is 1. The van der Waals surface area contributed by atoms with Gasteiger partial charge in [-0.2, -0.15) is 0 Å². The van der Waals surface area contributed by atoms with Crippen LogP contribution in [0.2, 0.25) is 0 Å². The van der Waals surface area contributed by atoms with Crippen molar-refractivity contribution in [3.63, 3.8) is 0 Å². The second-order valence-electron chi connectivity index (χ2n) is 6.35. The fraction of sp³-hybridized carbons (Fsp3) is 0.611. The Hall–Kier alpha value is -1.75. The van der Waals surface area contributed by atoms with E-state index in [2.05, 4.69) is 30.7 Å². The van der Waals surface area contributed by atoms with Gasteiger partial charge in [0.2, 0.25) is 0 Å². The van der Waals surface area contributed by atoms with E-state index >= 15 is 0 Å². The number of carbonyl (C=O) groups excluding carboxylic acids is 1. The fourth-order valence-corrected chi connectivity index (χ4v) is 3.30. The van der Waals surface area contributed by atoms with Crippen LogP contribution in [0.25, 0.3) is 0 Å². The van der Waals surface area contributed by atoms with Gasteiger partial charge in [-0.25, -0.2) is 0 Å². The highest BCUT2D eigenvalue weighted by Gasteiger charge is 2.26. The molecule has 1 atom stereocenters. The summed E-state index contributed by atoms with van der Waals surface area (Å²) < 4.78 is 0. The van der Waals surface area contributed by atoms with Crippen molar-refractivity contribution in [3.05, 3.63) is 23.8 Å². The van der Waals surface area contributed by atoms with Gasteiger partial charge in [0, 0.05) is 44.5 Å². The van der Waals surface area contributed by atoms with Gasteiger partial charge >= 0.3 is 0 Å². The van der Waals surface area contributed by atoms with Crippen molar-refractivity contribution in [2.75, 3.05) is 45.2 Å². The van der Waals surface area contributed by atoms with E-state index in [4.69, 9.17) is 0 Å². The summed E-state index contributed by atoms with van der Waals surface area (Å²) in [5.74, 6) is -0.0377. The first-order valence-corrected chi connectivity index (χ1v) is 8.51. The van der Waals surface area contributed by atoms with Gasteiger partial charge in [-0.05, 0) is 52.4 Å². The maximum absolute atomic E-state index is 12.7. The van der Waals surface area contributed by atoms with E-state index in [9.17, 15) is 9.90 Å². The Morgan fingerprint density at radius 2 is 2.04 bits per heavy atom. The highest BCUT2D eigenvalue weighted by atomic mass is 16.3. The number of likely N-dealkylation sites (N-methyl/N-ethyl adjacent to an activating group) is 2. The minimum atomic E-state index is -0.103. The Kier molecular flexibility index (Phi) is 5.88. The van der Waals surface area contributed by atoms with Crippen molar-refractivity contribution in [1.82, 2.24) is 9.80 Å². The molecule has 1 aromatic carbocycles. The molecule has 1 aromatic rings. The molecule has 0 radical (unpaired) electrons. The van der Waals surface area contributed by atoms with Crippen LogP contribution in [0.4, 0.5) is 5.69 Å². The highest BCUT2D eigenvalue weighted by Crippen LogP contribution is 2.27. The number of piperidine rings is 1. The van der Waals surface area contributed by atoms with E-state index < -0.39 is 0 Å². The van der Waals surface area contributed by atoms with Crippen LogP contribution in [0.5, 0.6) is 5.75 Å². The van der Waals surface area contributed by atoms with Gasteiger partial charge in [0.25, 0.3) is 5.91 Å². The zero-order valence-electron chi connectivity index (χ0n) is 14.7. The Morgan fingerprint density at radius 1 is 1.35 bits per heavy atom. The molecule has 1 saturated heterocycles. The van der Waals surface area contributed by atoms with E-state index in [1.807, 2.05) is 13.1 Å². The Balaban J connectivity index is 2.15. The van der Waals surface area contributed by atoms with Crippen molar-refractivity contribution in [1.29, 1.82) is 0 Å². The number of likely N-dealkylation sites (tertiary alicyclic amines) is 1. The maximum Gasteiger partial charge on any atom is 0.257 e. The number of aromatic hydroxyl groups is 1. The topological polar surface area (TPSA) is 47.0 Å². The minimum absolute atomic E-state index is 0.0652. The lowest BCUT2D eigenvalue weighted by Gasteiger charge is -2.36. The highest BCUT2D eigenvalue weighted by molar-refractivity contribution is 5.97. The number of anilines is 1. The molecular formula is C18H29N3O2. The fourth-order valence-electron chi connectivity index (χ4n) is 3.30. The molecule has 1 aliphatic rings. The smallest absolute Gasteiger partial charge is 0.257 e. The lowest BCUT2D eigenvalue weighted by Crippen LogP contribution is -2.47. The van der Waals surface area contributed by atoms with Gasteiger partial charge in [0.05, 0.1) is 5.56 Å². The van der Waals surface area contributed by atoms with E-state index in [1.165, 1.54) is 0 Å².